The molecule has 106 valence electrons. The second-order valence-electron chi connectivity index (χ2n) is 3.89. The van der Waals surface area contributed by atoms with Crippen molar-refractivity contribution in [2.45, 2.75) is 6.73 Å². The Hall–Kier alpha value is -2.32. The number of nitrogens with zero attached hydrogens (tertiary/aromatic N) is 3. The molecule has 1 amide bonds. The van der Waals surface area contributed by atoms with E-state index in [-0.39, 0.29) is 31.6 Å². The first-order valence-electron chi connectivity index (χ1n) is 5.81. The van der Waals surface area contributed by atoms with Crippen LogP contribution >= 0.6 is 0 Å². The van der Waals surface area contributed by atoms with Crippen LogP contribution in [0.4, 0.5) is 4.39 Å². The number of rotatable bonds is 6. The summed E-state index contributed by atoms with van der Waals surface area (Å²) in [5.41, 5.74) is 5.70. The minimum absolute atomic E-state index is 0.00640. The molecule has 0 radical (unpaired) electrons. The number of hydrogen-bond donors (Lipinski definition) is 2. The quantitative estimate of drug-likeness (QED) is 0.733. The molecule has 0 saturated carbocycles. The molecular formula is C12H13FN4O3. The van der Waals surface area contributed by atoms with Crippen molar-refractivity contribution in [3.8, 4) is 11.4 Å². The lowest BCUT2D eigenvalue weighted by Gasteiger charge is -2.06. The maximum atomic E-state index is 12.9. The maximum absolute atomic E-state index is 12.9. The van der Waals surface area contributed by atoms with Gasteiger partial charge < -0.3 is 15.6 Å². The second-order valence-corrected chi connectivity index (χ2v) is 3.89. The Morgan fingerprint density at radius 2 is 2.10 bits per heavy atom. The Morgan fingerprint density at radius 3 is 2.70 bits per heavy atom. The highest BCUT2D eigenvalue weighted by atomic mass is 19.1. The number of amides is 1. The van der Waals surface area contributed by atoms with Crippen molar-refractivity contribution in [2.24, 2.45) is 5.73 Å². The fourth-order valence-electron chi connectivity index (χ4n) is 1.56. The predicted octanol–water partition coefficient (Wildman–Crippen LogP) is 0.149. The van der Waals surface area contributed by atoms with Crippen molar-refractivity contribution in [2.75, 3.05) is 13.2 Å². The van der Waals surface area contributed by atoms with E-state index < -0.39 is 5.91 Å². The highest BCUT2D eigenvalue weighted by Crippen LogP contribution is 2.18. The van der Waals surface area contributed by atoms with Gasteiger partial charge in [0.2, 0.25) is 5.82 Å². The molecule has 0 aliphatic rings. The summed E-state index contributed by atoms with van der Waals surface area (Å²) in [4.78, 5) is 15.1. The molecule has 0 saturated heterocycles. The number of ether oxygens (including phenoxy) is 1. The summed E-state index contributed by atoms with van der Waals surface area (Å²) >= 11 is 0. The number of primary amides is 1. The van der Waals surface area contributed by atoms with Crippen LogP contribution < -0.4 is 5.73 Å². The van der Waals surface area contributed by atoms with Gasteiger partial charge in [0.15, 0.2) is 5.82 Å². The number of hydrogen-bond acceptors (Lipinski definition) is 5. The lowest BCUT2D eigenvalue weighted by atomic mass is 10.2. The van der Waals surface area contributed by atoms with Gasteiger partial charge in [0.1, 0.15) is 12.5 Å². The van der Waals surface area contributed by atoms with Gasteiger partial charge in [-0.1, -0.05) is 0 Å². The van der Waals surface area contributed by atoms with Gasteiger partial charge in [0, 0.05) is 5.56 Å². The van der Waals surface area contributed by atoms with Crippen molar-refractivity contribution in [1.82, 2.24) is 14.8 Å². The molecule has 1 aromatic heterocycles. The zero-order valence-electron chi connectivity index (χ0n) is 10.5. The number of carbonyl (C=O) groups is 1. The average molecular weight is 280 g/mol. The van der Waals surface area contributed by atoms with Crippen LogP contribution in [0, 0.1) is 5.82 Å². The van der Waals surface area contributed by atoms with Crippen LogP contribution in [-0.4, -0.2) is 39.0 Å². The van der Waals surface area contributed by atoms with E-state index in [1.165, 1.54) is 28.9 Å². The number of nitrogens with two attached hydrogens (primary N) is 1. The largest absolute Gasteiger partial charge is 0.394 e. The van der Waals surface area contributed by atoms with E-state index in [9.17, 15) is 9.18 Å². The molecule has 1 aromatic carbocycles. The third-order valence-electron chi connectivity index (χ3n) is 2.44. The van der Waals surface area contributed by atoms with E-state index in [2.05, 4.69) is 10.1 Å². The zero-order valence-corrected chi connectivity index (χ0v) is 10.5. The van der Waals surface area contributed by atoms with E-state index in [0.29, 0.717) is 11.4 Å². The molecule has 0 aliphatic carbocycles. The van der Waals surface area contributed by atoms with Gasteiger partial charge in [-0.05, 0) is 24.3 Å². The van der Waals surface area contributed by atoms with E-state index in [4.69, 9.17) is 15.6 Å². The first kappa shape index (κ1) is 14.1. The summed E-state index contributed by atoms with van der Waals surface area (Å²) in [6, 6.07) is 5.55. The molecule has 7 nitrogen and oxygen atoms in total. The number of aromatic nitrogens is 3. The number of carbonyl (C=O) groups excluding carboxylic acids is 1. The normalized spacial score (nSPS) is 10.7. The van der Waals surface area contributed by atoms with Crippen LogP contribution in [-0.2, 0) is 11.5 Å². The van der Waals surface area contributed by atoms with Crippen molar-refractivity contribution < 1.29 is 19.0 Å². The molecule has 0 fully saturated rings. The standard InChI is InChI=1S/C12H13FN4O3/c13-9-3-1-8(2-4-9)12-15-11(10(14)19)16-17(12)7-20-6-5-18/h1-4,18H,5-7H2,(H2,14,19). The first-order chi connectivity index (χ1) is 9.61. The van der Waals surface area contributed by atoms with Crippen LogP contribution in [0.2, 0.25) is 0 Å². The average Bonchev–Trinajstić information content (AvgIpc) is 2.84. The summed E-state index contributed by atoms with van der Waals surface area (Å²) < 4.78 is 19.4. The second kappa shape index (κ2) is 6.22. The zero-order chi connectivity index (χ0) is 14.5. The maximum Gasteiger partial charge on any atom is 0.288 e. The number of benzene rings is 1. The molecule has 2 aromatic rings. The summed E-state index contributed by atoms with van der Waals surface area (Å²) in [6.07, 6.45) is 0. The van der Waals surface area contributed by atoms with Crippen molar-refractivity contribution in [3.63, 3.8) is 0 Å². The number of aliphatic hydroxyl groups is 1. The van der Waals surface area contributed by atoms with Crippen LogP contribution in [0.1, 0.15) is 10.6 Å². The molecule has 20 heavy (non-hydrogen) atoms. The van der Waals surface area contributed by atoms with Crippen LogP contribution in [0.25, 0.3) is 11.4 Å². The van der Waals surface area contributed by atoms with Crippen molar-refractivity contribution in [1.29, 1.82) is 0 Å². The highest BCUT2D eigenvalue weighted by molar-refractivity contribution is 5.89. The lowest BCUT2D eigenvalue weighted by molar-refractivity contribution is 0.0425. The van der Waals surface area contributed by atoms with Gasteiger partial charge in [-0.3, -0.25) is 4.79 Å². The summed E-state index contributed by atoms with van der Waals surface area (Å²) in [6.45, 7) is -0.0224. The van der Waals surface area contributed by atoms with E-state index in [0.717, 1.165) is 0 Å². The molecule has 8 heteroatoms. The molecule has 0 unspecified atom stereocenters. The van der Waals surface area contributed by atoms with Gasteiger partial charge in [-0.2, -0.15) is 0 Å². The van der Waals surface area contributed by atoms with Crippen LogP contribution in [0.15, 0.2) is 24.3 Å². The Labute approximate surface area is 113 Å². The Bertz CT molecular complexity index is 597. The monoisotopic (exact) mass is 280 g/mol. The molecule has 1 heterocycles. The van der Waals surface area contributed by atoms with Crippen LogP contribution in [0.3, 0.4) is 0 Å². The highest BCUT2D eigenvalue weighted by Gasteiger charge is 2.15. The lowest BCUT2D eigenvalue weighted by Crippen LogP contribution is -2.14. The molecule has 3 N–H and O–H groups in total. The fourth-order valence-corrected chi connectivity index (χ4v) is 1.56. The predicted molar refractivity (Wildman–Crippen MR) is 67.0 cm³/mol. The van der Waals surface area contributed by atoms with Gasteiger partial charge >= 0.3 is 0 Å². The summed E-state index contributed by atoms with van der Waals surface area (Å²) in [7, 11) is 0. The Morgan fingerprint density at radius 1 is 1.40 bits per heavy atom. The molecule has 0 bridgehead atoms. The minimum atomic E-state index is -0.769. The third kappa shape index (κ3) is 3.16. The van der Waals surface area contributed by atoms with Crippen LogP contribution in [0.5, 0.6) is 0 Å². The topological polar surface area (TPSA) is 103 Å². The Balaban J connectivity index is 2.33. The molecule has 2 rings (SSSR count). The first-order valence-corrected chi connectivity index (χ1v) is 5.81. The molecule has 0 spiro atoms. The van der Waals surface area contributed by atoms with Gasteiger partial charge in [-0.15, -0.1) is 5.10 Å². The van der Waals surface area contributed by atoms with Gasteiger partial charge in [0.05, 0.1) is 13.2 Å². The van der Waals surface area contributed by atoms with E-state index in [1.807, 2.05) is 0 Å². The summed E-state index contributed by atoms with van der Waals surface area (Å²) in [5, 5.41) is 12.6. The molecular weight excluding hydrogens is 267 g/mol. The minimum Gasteiger partial charge on any atom is -0.394 e. The fraction of sp³-hybridized carbons (Fsp3) is 0.250. The summed E-state index contributed by atoms with van der Waals surface area (Å²) in [5.74, 6) is -0.977. The molecule has 0 atom stereocenters. The molecule has 0 aliphatic heterocycles. The Kier molecular flexibility index (Phi) is 4.38. The third-order valence-corrected chi connectivity index (χ3v) is 2.44. The van der Waals surface area contributed by atoms with E-state index >= 15 is 0 Å². The number of aliphatic hydroxyl groups excluding tert-OH is 1. The van der Waals surface area contributed by atoms with Gasteiger partial charge in [0.25, 0.3) is 5.91 Å². The van der Waals surface area contributed by atoms with E-state index in [1.54, 1.807) is 0 Å². The van der Waals surface area contributed by atoms with Crippen molar-refractivity contribution >= 4 is 5.91 Å². The number of halogens is 1. The SMILES string of the molecule is NC(=O)c1nc(-c2ccc(F)cc2)n(COCCO)n1. The van der Waals surface area contributed by atoms with Gasteiger partial charge in [-0.25, -0.2) is 14.1 Å². The van der Waals surface area contributed by atoms with Crippen molar-refractivity contribution in [3.05, 3.63) is 35.9 Å². The smallest absolute Gasteiger partial charge is 0.288 e.